The van der Waals surface area contributed by atoms with Crippen LogP contribution in [0.3, 0.4) is 0 Å². The molecule has 0 aliphatic heterocycles. The number of aliphatic carboxylic acids is 1. The fourth-order valence-electron chi connectivity index (χ4n) is 1.54. The third-order valence-electron chi connectivity index (χ3n) is 2.44. The summed E-state index contributed by atoms with van der Waals surface area (Å²) in [6.07, 6.45) is 0.946. The first-order chi connectivity index (χ1) is 7.49. The largest absolute Gasteiger partial charge is 0.481 e. The van der Waals surface area contributed by atoms with Crippen LogP contribution in [-0.4, -0.2) is 11.1 Å². The van der Waals surface area contributed by atoms with Crippen molar-refractivity contribution in [2.75, 3.05) is 0 Å². The van der Waals surface area contributed by atoms with Crippen molar-refractivity contribution < 1.29 is 18.7 Å². The third-order valence-corrected chi connectivity index (χ3v) is 2.44. The summed E-state index contributed by atoms with van der Waals surface area (Å²) < 4.78 is 26.0. The van der Waals surface area contributed by atoms with Gasteiger partial charge in [-0.15, -0.1) is 0 Å². The van der Waals surface area contributed by atoms with Crippen LogP contribution in [0.4, 0.5) is 8.78 Å². The Balaban J connectivity index is 2.54. The lowest BCUT2D eigenvalue weighted by Gasteiger charge is -2.08. The Bertz CT molecular complexity index is 377. The van der Waals surface area contributed by atoms with Gasteiger partial charge in [0.15, 0.2) is 0 Å². The molecule has 2 nitrogen and oxygen atoms in total. The van der Waals surface area contributed by atoms with Crippen molar-refractivity contribution in [2.24, 2.45) is 5.92 Å². The van der Waals surface area contributed by atoms with Crippen molar-refractivity contribution in [2.45, 2.75) is 26.2 Å². The zero-order chi connectivity index (χ0) is 12.1. The smallest absolute Gasteiger partial charge is 0.303 e. The van der Waals surface area contributed by atoms with Crippen LogP contribution in [0.2, 0.25) is 0 Å². The number of rotatable bonds is 5. The molecule has 0 saturated carbocycles. The summed E-state index contributed by atoms with van der Waals surface area (Å²) in [6.45, 7) is 1.78. The minimum Gasteiger partial charge on any atom is -0.481 e. The highest BCUT2D eigenvalue weighted by molar-refractivity contribution is 5.66. The maximum atomic E-state index is 13.2. The molecule has 0 aliphatic rings. The standard InChI is InChI=1S/C12H14F2O2/c1-8(6-12(15)16)2-3-9-7-10(13)4-5-11(9)14/h4-5,7-8H,2-3,6H2,1H3,(H,15,16). The first kappa shape index (κ1) is 12.6. The van der Waals surface area contributed by atoms with Gasteiger partial charge in [-0.3, -0.25) is 4.79 Å². The first-order valence-corrected chi connectivity index (χ1v) is 5.14. The predicted octanol–water partition coefficient (Wildman–Crippen LogP) is 3.01. The van der Waals surface area contributed by atoms with Gasteiger partial charge in [-0.05, 0) is 42.5 Å². The second-order valence-electron chi connectivity index (χ2n) is 3.98. The van der Waals surface area contributed by atoms with Crippen LogP contribution in [0.1, 0.15) is 25.3 Å². The van der Waals surface area contributed by atoms with E-state index in [1.807, 2.05) is 0 Å². The van der Waals surface area contributed by atoms with Gasteiger partial charge in [0.1, 0.15) is 11.6 Å². The van der Waals surface area contributed by atoms with Gasteiger partial charge in [0, 0.05) is 6.42 Å². The van der Waals surface area contributed by atoms with Crippen LogP contribution in [-0.2, 0) is 11.2 Å². The molecule has 88 valence electrons. The predicted molar refractivity (Wildman–Crippen MR) is 56.1 cm³/mol. The van der Waals surface area contributed by atoms with E-state index in [1.54, 1.807) is 6.92 Å². The fraction of sp³-hybridized carbons (Fsp3) is 0.417. The van der Waals surface area contributed by atoms with Crippen molar-refractivity contribution in [3.8, 4) is 0 Å². The zero-order valence-corrected chi connectivity index (χ0v) is 9.04. The van der Waals surface area contributed by atoms with E-state index < -0.39 is 17.6 Å². The maximum absolute atomic E-state index is 13.2. The van der Waals surface area contributed by atoms with Gasteiger partial charge in [0.25, 0.3) is 0 Å². The Morgan fingerprint density at radius 2 is 2.12 bits per heavy atom. The normalized spacial score (nSPS) is 12.4. The molecule has 1 aromatic carbocycles. The number of carbonyl (C=O) groups is 1. The Morgan fingerprint density at radius 3 is 2.75 bits per heavy atom. The summed E-state index contributed by atoms with van der Waals surface area (Å²) in [7, 11) is 0. The van der Waals surface area contributed by atoms with Gasteiger partial charge in [-0.2, -0.15) is 0 Å². The molecule has 0 radical (unpaired) electrons. The molecule has 0 aromatic heterocycles. The molecule has 0 heterocycles. The van der Waals surface area contributed by atoms with Gasteiger partial charge >= 0.3 is 5.97 Å². The lowest BCUT2D eigenvalue weighted by Crippen LogP contribution is -2.06. The van der Waals surface area contributed by atoms with Crippen molar-refractivity contribution in [3.63, 3.8) is 0 Å². The zero-order valence-electron chi connectivity index (χ0n) is 9.04. The molecule has 4 heteroatoms. The molecule has 1 rings (SSSR count). The monoisotopic (exact) mass is 228 g/mol. The fourth-order valence-corrected chi connectivity index (χ4v) is 1.54. The third kappa shape index (κ3) is 3.96. The molecule has 1 N–H and O–H groups in total. The van der Waals surface area contributed by atoms with Crippen LogP contribution >= 0.6 is 0 Å². The molecule has 0 amide bonds. The number of halogens is 2. The summed E-state index contributed by atoms with van der Waals surface area (Å²) in [5, 5.41) is 8.55. The minimum absolute atomic E-state index is 0.0415. The number of carboxylic acid groups (broad SMARTS) is 1. The Labute approximate surface area is 92.9 Å². The van der Waals surface area contributed by atoms with Crippen LogP contribution in [0.25, 0.3) is 0 Å². The second-order valence-corrected chi connectivity index (χ2v) is 3.98. The van der Waals surface area contributed by atoms with Crippen LogP contribution in [0.5, 0.6) is 0 Å². The maximum Gasteiger partial charge on any atom is 0.303 e. The van der Waals surface area contributed by atoms with Gasteiger partial charge in [0.2, 0.25) is 0 Å². The topological polar surface area (TPSA) is 37.3 Å². The lowest BCUT2D eigenvalue weighted by atomic mass is 9.98. The van der Waals surface area contributed by atoms with Crippen molar-refractivity contribution in [1.82, 2.24) is 0 Å². The van der Waals surface area contributed by atoms with Gasteiger partial charge in [0.05, 0.1) is 0 Å². The molecule has 1 unspecified atom stereocenters. The van der Waals surface area contributed by atoms with E-state index in [0.717, 1.165) is 18.2 Å². The molecule has 0 spiro atoms. The Hall–Kier alpha value is -1.45. The van der Waals surface area contributed by atoms with Crippen LogP contribution in [0, 0.1) is 17.6 Å². The van der Waals surface area contributed by atoms with Crippen molar-refractivity contribution >= 4 is 5.97 Å². The van der Waals surface area contributed by atoms with E-state index in [9.17, 15) is 13.6 Å². The highest BCUT2D eigenvalue weighted by Crippen LogP contribution is 2.16. The van der Waals surface area contributed by atoms with E-state index in [-0.39, 0.29) is 12.3 Å². The molecule has 0 saturated heterocycles. The van der Waals surface area contributed by atoms with Crippen molar-refractivity contribution in [3.05, 3.63) is 35.4 Å². The molecular formula is C12H14F2O2. The Kier molecular flexibility index (Phi) is 4.40. The van der Waals surface area contributed by atoms with Crippen LogP contribution < -0.4 is 0 Å². The number of hydrogen-bond donors (Lipinski definition) is 1. The molecule has 0 bridgehead atoms. The number of benzene rings is 1. The molecule has 0 aliphatic carbocycles. The average Bonchev–Trinajstić information content (AvgIpc) is 2.18. The molecule has 0 fully saturated rings. The average molecular weight is 228 g/mol. The van der Waals surface area contributed by atoms with Crippen molar-refractivity contribution in [1.29, 1.82) is 0 Å². The molecular weight excluding hydrogens is 214 g/mol. The quantitative estimate of drug-likeness (QED) is 0.841. The number of aryl methyl sites for hydroxylation is 1. The number of carboxylic acids is 1. The lowest BCUT2D eigenvalue weighted by molar-refractivity contribution is -0.138. The van der Waals surface area contributed by atoms with Gasteiger partial charge < -0.3 is 5.11 Å². The highest BCUT2D eigenvalue weighted by Gasteiger charge is 2.10. The second kappa shape index (κ2) is 5.58. The van der Waals surface area contributed by atoms with Crippen LogP contribution in [0.15, 0.2) is 18.2 Å². The summed E-state index contributed by atoms with van der Waals surface area (Å²) in [5.74, 6) is -1.82. The first-order valence-electron chi connectivity index (χ1n) is 5.14. The highest BCUT2D eigenvalue weighted by atomic mass is 19.1. The SMILES string of the molecule is CC(CCc1cc(F)ccc1F)CC(=O)O. The van der Waals surface area contributed by atoms with Gasteiger partial charge in [-0.25, -0.2) is 8.78 Å². The number of hydrogen-bond acceptors (Lipinski definition) is 1. The summed E-state index contributed by atoms with van der Waals surface area (Å²) >= 11 is 0. The van der Waals surface area contributed by atoms with E-state index >= 15 is 0 Å². The minimum atomic E-state index is -0.868. The summed E-state index contributed by atoms with van der Waals surface area (Å²) in [5.41, 5.74) is 0.303. The Morgan fingerprint density at radius 1 is 1.44 bits per heavy atom. The van der Waals surface area contributed by atoms with E-state index in [4.69, 9.17) is 5.11 Å². The summed E-state index contributed by atoms with van der Waals surface area (Å²) in [6, 6.07) is 3.31. The van der Waals surface area contributed by atoms with Gasteiger partial charge in [-0.1, -0.05) is 6.92 Å². The summed E-state index contributed by atoms with van der Waals surface area (Å²) in [4.78, 5) is 10.4. The molecule has 1 aromatic rings. The van der Waals surface area contributed by atoms with E-state index in [0.29, 0.717) is 18.4 Å². The van der Waals surface area contributed by atoms with E-state index in [2.05, 4.69) is 0 Å². The van der Waals surface area contributed by atoms with E-state index in [1.165, 1.54) is 0 Å². The molecule has 16 heavy (non-hydrogen) atoms. The molecule has 1 atom stereocenters.